The van der Waals surface area contributed by atoms with E-state index in [0.717, 1.165) is 71.5 Å². The molecule has 31 heavy (non-hydrogen) atoms. The van der Waals surface area contributed by atoms with Crippen LogP contribution in [-0.2, 0) is 4.79 Å². The molecule has 1 fully saturated rings. The standard InChI is InChI=1S/C22H27N5O.C2H4O/c1-14-8-9-18(23-4)17(11-14)22(28)26-10-6-5-7-20(26)19-12-21-24-16(3)15(2)13-27(21)25-19;1-2-3/h8-9,11-13,20,23H,5-7,10H2,1-4H3;2H,1H3. The number of aromatic nitrogens is 3. The number of amides is 1. The van der Waals surface area contributed by atoms with Crippen LogP contribution in [0.2, 0.25) is 0 Å². The Kier molecular flexibility index (Phi) is 7.05. The zero-order chi connectivity index (χ0) is 22.5. The average Bonchev–Trinajstić information content (AvgIpc) is 3.16. The van der Waals surface area contributed by atoms with Gasteiger partial charge in [0, 0.05) is 37.2 Å². The molecule has 0 bridgehead atoms. The summed E-state index contributed by atoms with van der Waals surface area (Å²) in [5.74, 6) is 0.0649. The number of carbonyl (C=O) groups is 2. The summed E-state index contributed by atoms with van der Waals surface area (Å²) in [5.41, 5.74) is 6.54. The molecule has 3 heterocycles. The quantitative estimate of drug-likeness (QED) is 0.639. The summed E-state index contributed by atoms with van der Waals surface area (Å²) < 4.78 is 1.83. The van der Waals surface area contributed by atoms with E-state index < -0.39 is 0 Å². The number of hydrogen-bond donors (Lipinski definition) is 1. The van der Waals surface area contributed by atoms with Crippen molar-refractivity contribution in [2.75, 3.05) is 18.9 Å². The van der Waals surface area contributed by atoms with Crippen molar-refractivity contribution < 1.29 is 9.59 Å². The zero-order valence-corrected chi connectivity index (χ0v) is 19.0. The third kappa shape index (κ3) is 4.76. The molecule has 2 aromatic heterocycles. The van der Waals surface area contributed by atoms with Gasteiger partial charge in [-0.1, -0.05) is 11.6 Å². The smallest absolute Gasteiger partial charge is 0.256 e. The van der Waals surface area contributed by atoms with Gasteiger partial charge in [0.2, 0.25) is 0 Å². The molecule has 0 saturated carbocycles. The highest BCUT2D eigenvalue weighted by Crippen LogP contribution is 2.33. The monoisotopic (exact) mass is 421 g/mol. The van der Waals surface area contributed by atoms with Crippen LogP contribution >= 0.6 is 0 Å². The van der Waals surface area contributed by atoms with E-state index >= 15 is 0 Å². The molecule has 1 saturated heterocycles. The number of nitrogens with zero attached hydrogens (tertiary/aromatic N) is 4. The molecule has 0 radical (unpaired) electrons. The summed E-state index contributed by atoms with van der Waals surface area (Å²) in [6.45, 7) is 8.26. The summed E-state index contributed by atoms with van der Waals surface area (Å²) in [5, 5.41) is 7.92. The maximum atomic E-state index is 13.5. The predicted octanol–water partition coefficient (Wildman–Crippen LogP) is 4.27. The van der Waals surface area contributed by atoms with Gasteiger partial charge < -0.3 is 15.0 Å². The van der Waals surface area contributed by atoms with Crippen LogP contribution in [0, 0.1) is 20.8 Å². The van der Waals surface area contributed by atoms with Crippen molar-refractivity contribution in [1.29, 1.82) is 0 Å². The molecule has 1 aliphatic heterocycles. The van der Waals surface area contributed by atoms with Crippen molar-refractivity contribution in [3.63, 3.8) is 0 Å². The molecule has 1 atom stereocenters. The van der Waals surface area contributed by atoms with Crippen LogP contribution in [0.1, 0.15) is 65.1 Å². The number of fused-ring (bicyclic) bond motifs is 1. The minimum Gasteiger partial charge on any atom is -0.387 e. The number of anilines is 1. The number of aldehydes is 1. The number of likely N-dealkylation sites (tertiary alicyclic amines) is 1. The Bertz CT molecular complexity index is 1050. The highest BCUT2D eigenvalue weighted by atomic mass is 16.2. The van der Waals surface area contributed by atoms with Crippen molar-refractivity contribution in [2.45, 2.75) is 53.0 Å². The van der Waals surface area contributed by atoms with E-state index in [4.69, 9.17) is 9.89 Å². The lowest BCUT2D eigenvalue weighted by molar-refractivity contribution is -0.106. The molecular formula is C24H31N5O2. The first-order valence-electron chi connectivity index (χ1n) is 10.7. The first-order valence-corrected chi connectivity index (χ1v) is 10.7. The van der Waals surface area contributed by atoms with Gasteiger partial charge in [0.25, 0.3) is 5.91 Å². The SMILES string of the molecule is CC=O.CNc1ccc(C)cc1C(=O)N1CCCCC1c1cc2nc(C)c(C)cn2n1. The van der Waals surface area contributed by atoms with Gasteiger partial charge in [0.1, 0.15) is 6.29 Å². The molecule has 3 aromatic rings. The highest BCUT2D eigenvalue weighted by Gasteiger charge is 2.31. The van der Waals surface area contributed by atoms with E-state index in [1.165, 1.54) is 6.92 Å². The summed E-state index contributed by atoms with van der Waals surface area (Å²) in [4.78, 5) is 28.9. The van der Waals surface area contributed by atoms with Gasteiger partial charge in [-0.05, 0) is 64.7 Å². The van der Waals surface area contributed by atoms with Crippen LogP contribution < -0.4 is 5.32 Å². The van der Waals surface area contributed by atoms with Crippen molar-refractivity contribution in [3.05, 3.63) is 58.5 Å². The Hall–Kier alpha value is -3.22. The van der Waals surface area contributed by atoms with Crippen molar-refractivity contribution in [1.82, 2.24) is 19.5 Å². The number of rotatable bonds is 3. The van der Waals surface area contributed by atoms with E-state index in [9.17, 15) is 4.79 Å². The van der Waals surface area contributed by atoms with Crippen LogP contribution in [0.3, 0.4) is 0 Å². The number of piperidine rings is 1. The Morgan fingerprint density at radius 3 is 2.65 bits per heavy atom. The second-order valence-corrected chi connectivity index (χ2v) is 7.93. The molecule has 4 rings (SSSR count). The topological polar surface area (TPSA) is 79.6 Å². The predicted molar refractivity (Wildman–Crippen MR) is 123 cm³/mol. The third-order valence-corrected chi connectivity index (χ3v) is 5.68. The Morgan fingerprint density at radius 2 is 1.94 bits per heavy atom. The van der Waals surface area contributed by atoms with Gasteiger partial charge in [0.15, 0.2) is 5.65 Å². The molecule has 1 N–H and O–H groups in total. The fourth-order valence-electron chi connectivity index (χ4n) is 3.97. The van der Waals surface area contributed by atoms with Gasteiger partial charge in [-0.25, -0.2) is 9.50 Å². The average molecular weight is 422 g/mol. The van der Waals surface area contributed by atoms with Crippen molar-refractivity contribution in [2.24, 2.45) is 0 Å². The summed E-state index contributed by atoms with van der Waals surface area (Å²) in [6, 6.07) is 7.97. The molecule has 1 aliphatic rings. The number of carbonyl (C=O) groups excluding carboxylic acids is 2. The summed E-state index contributed by atoms with van der Waals surface area (Å²) >= 11 is 0. The van der Waals surface area contributed by atoms with Crippen LogP contribution in [0.25, 0.3) is 5.65 Å². The highest BCUT2D eigenvalue weighted by molar-refractivity contribution is 6.00. The van der Waals surface area contributed by atoms with Crippen LogP contribution in [0.15, 0.2) is 30.5 Å². The fourth-order valence-corrected chi connectivity index (χ4v) is 3.97. The first-order chi connectivity index (χ1) is 14.9. The number of aryl methyl sites for hydroxylation is 3. The maximum absolute atomic E-state index is 13.5. The fraction of sp³-hybridized carbons (Fsp3) is 0.417. The minimum atomic E-state index is -0.0196. The number of nitrogens with one attached hydrogen (secondary N) is 1. The molecule has 7 heteroatoms. The number of hydrogen-bond acceptors (Lipinski definition) is 5. The molecular weight excluding hydrogens is 390 g/mol. The van der Waals surface area contributed by atoms with Gasteiger partial charge in [-0.3, -0.25) is 4.79 Å². The molecule has 0 aliphatic carbocycles. The largest absolute Gasteiger partial charge is 0.387 e. The second-order valence-electron chi connectivity index (χ2n) is 7.93. The lowest BCUT2D eigenvalue weighted by Gasteiger charge is -2.35. The Labute approximate surface area is 183 Å². The molecule has 1 unspecified atom stereocenters. The van der Waals surface area contributed by atoms with Gasteiger partial charge >= 0.3 is 0 Å². The van der Waals surface area contributed by atoms with Crippen molar-refractivity contribution in [3.8, 4) is 0 Å². The van der Waals surface area contributed by atoms with Gasteiger partial charge in [-0.15, -0.1) is 0 Å². The molecule has 1 aromatic carbocycles. The lowest BCUT2D eigenvalue weighted by atomic mass is 9.97. The van der Waals surface area contributed by atoms with Crippen LogP contribution in [0.5, 0.6) is 0 Å². The second kappa shape index (κ2) is 9.73. The zero-order valence-electron chi connectivity index (χ0n) is 19.0. The maximum Gasteiger partial charge on any atom is 0.256 e. The molecule has 164 valence electrons. The molecule has 1 amide bonds. The van der Waals surface area contributed by atoms with Gasteiger partial charge in [-0.2, -0.15) is 5.10 Å². The lowest BCUT2D eigenvalue weighted by Crippen LogP contribution is -2.39. The molecule has 0 spiro atoms. The Balaban J connectivity index is 0.000000858. The Morgan fingerprint density at radius 1 is 1.19 bits per heavy atom. The molecule has 7 nitrogen and oxygen atoms in total. The van der Waals surface area contributed by atoms with Crippen LogP contribution in [0.4, 0.5) is 5.69 Å². The number of benzene rings is 1. The summed E-state index contributed by atoms with van der Waals surface area (Å²) in [7, 11) is 1.85. The summed E-state index contributed by atoms with van der Waals surface area (Å²) in [6.07, 6.45) is 5.80. The van der Waals surface area contributed by atoms with Crippen molar-refractivity contribution >= 4 is 23.5 Å². The first kappa shape index (κ1) is 22.5. The van der Waals surface area contributed by atoms with E-state index in [1.807, 2.05) is 67.7 Å². The van der Waals surface area contributed by atoms with Crippen LogP contribution in [-0.4, -0.2) is 45.3 Å². The van der Waals surface area contributed by atoms with E-state index in [0.29, 0.717) is 0 Å². The minimum absolute atomic E-state index is 0.0196. The van der Waals surface area contributed by atoms with Gasteiger partial charge in [0.05, 0.1) is 17.3 Å². The van der Waals surface area contributed by atoms with E-state index in [-0.39, 0.29) is 11.9 Å². The third-order valence-electron chi connectivity index (χ3n) is 5.68. The van der Waals surface area contributed by atoms with E-state index in [1.54, 1.807) is 0 Å². The van der Waals surface area contributed by atoms with E-state index in [2.05, 4.69) is 10.3 Å². The normalized spacial score (nSPS) is 15.9.